The summed E-state index contributed by atoms with van der Waals surface area (Å²) >= 11 is 0. The van der Waals surface area contributed by atoms with Crippen LogP contribution in [0.15, 0.2) is 12.2 Å². The second-order valence-electron chi connectivity index (χ2n) is 6.80. The lowest BCUT2D eigenvalue weighted by Gasteiger charge is -2.01. The molecule has 0 atom stereocenters. The summed E-state index contributed by atoms with van der Waals surface area (Å²) in [5, 5.41) is 0. The van der Waals surface area contributed by atoms with Crippen molar-refractivity contribution in [1.82, 2.24) is 0 Å². The molecule has 0 saturated heterocycles. The number of rotatable bonds is 18. The molecule has 0 heterocycles. The molecular weight excluding hydrogens is 264 g/mol. The summed E-state index contributed by atoms with van der Waals surface area (Å²) in [7, 11) is 0. The van der Waals surface area contributed by atoms with Gasteiger partial charge in [-0.25, -0.2) is 0 Å². The molecule has 0 aliphatic heterocycles. The first-order chi connectivity index (χ1) is 10.9. The summed E-state index contributed by atoms with van der Waals surface area (Å²) in [6, 6.07) is 0. The van der Waals surface area contributed by atoms with Crippen molar-refractivity contribution < 1.29 is 0 Å². The van der Waals surface area contributed by atoms with E-state index in [1.54, 1.807) is 0 Å². The Morgan fingerprint density at radius 3 is 1.36 bits per heavy atom. The Balaban J connectivity index is 3.02. The predicted molar refractivity (Wildman–Crippen MR) is 103 cm³/mol. The van der Waals surface area contributed by atoms with E-state index >= 15 is 0 Å². The van der Waals surface area contributed by atoms with Crippen molar-refractivity contribution in [3.63, 3.8) is 0 Å². The van der Waals surface area contributed by atoms with Gasteiger partial charge in [0.25, 0.3) is 0 Å². The Kier molecular flexibility index (Phi) is 20.5. The fraction of sp³-hybridized carbons (Fsp3) is 0.864. The molecule has 0 amide bonds. The van der Waals surface area contributed by atoms with E-state index in [2.05, 4.69) is 32.4 Å². The molecule has 0 aliphatic carbocycles. The van der Waals surface area contributed by atoms with Crippen molar-refractivity contribution in [2.24, 2.45) is 0 Å². The smallest absolute Gasteiger partial charge is 0.0351 e. The largest absolute Gasteiger partial charge is 0.0885 e. The average molecular weight is 308 g/mol. The minimum atomic E-state index is 1.31. The van der Waals surface area contributed by atoms with Crippen LogP contribution in [0.25, 0.3) is 0 Å². The van der Waals surface area contributed by atoms with Gasteiger partial charge in [0.05, 0.1) is 0 Å². The third-order valence-electron chi connectivity index (χ3n) is 4.41. The van der Waals surface area contributed by atoms with Gasteiger partial charge in [0, 0.05) is 0 Å². The summed E-state index contributed by atoms with van der Waals surface area (Å²) in [5.74, 6) is 0. The molecule has 1 radical (unpaired) electrons. The Labute approximate surface area is 142 Å². The maximum atomic E-state index is 2.47. The van der Waals surface area contributed by atoms with E-state index in [1.807, 2.05) is 0 Å². The van der Waals surface area contributed by atoms with Gasteiger partial charge in [-0.2, -0.15) is 0 Å². The van der Waals surface area contributed by atoms with E-state index < -0.39 is 0 Å². The molecule has 131 valence electrons. The number of hydrogen-bond donors (Lipinski definition) is 0. The standard InChI is InChI=1S/C22H43/c1-3-5-7-9-11-13-15-17-19-21-22-20-18-16-14-12-10-8-6-4-2/h7,18,20H,3-6,8-17,19,21-22H2,1-2H3/b20-18-. The molecule has 0 nitrogen and oxygen atoms in total. The van der Waals surface area contributed by atoms with Crippen molar-refractivity contribution in [2.75, 3.05) is 0 Å². The SMILES string of the molecule is CCC[CH]CCCCCCCC/C=C\CCCCCCCC. The van der Waals surface area contributed by atoms with E-state index in [-0.39, 0.29) is 0 Å². The molecule has 0 aliphatic rings. The highest BCUT2D eigenvalue weighted by Crippen LogP contribution is 2.11. The molecular formula is C22H43. The van der Waals surface area contributed by atoms with Gasteiger partial charge in [0.15, 0.2) is 0 Å². The third kappa shape index (κ3) is 19.7. The van der Waals surface area contributed by atoms with Crippen LogP contribution in [0.3, 0.4) is 0 Å². The summed E-state index contributed by atoms with van der Waals surface area (Å²) in [6.45, 7) is 4.55. The lowest BCUT2D eigenvalue weighted by molar-refractivity contribution is 0.589. The molecule has 0 N–H and O–H groups in total. The fourth-order valence-electron chi connectivity index (χ4n) is 2.88. The van der Waals surface area contributed by atoms with E-state index in [0.29, 0.717) is 0 Å². The van der Waals surface area contributed by atoms with Crippen molar-refractivity contribution in [1.29, 1.82) is 0 Å². The molecule has 0 aromatic rings. The van der Waals surface area contributed by atoms with Gasteiger partial charge in [-0.15, -0.1) is 0 Å². The molecule has 22 heavy (non-hydrogen) atoms. The summed E-state index contributed by atoms with van der Waals surface area (Å²) in [4.78, 5) is 0. The van der Waals surface area contributed by atoms with Gasteiger partial charge in [-0.1, -0.05) is 109 Å². The average Bonchev–Trinajstić information content (AvgIpc) is 2.54. The van der Waals surface area contributed by atoms with Gasteiger partial charge in [0.2, 0.25) is 0 Å². The summed E-state index contributed by atoms with van der Waals surface area (Å²) in [6.07, 6.45) is 31.0. The van der Waals surface area contributed by atoms with Crippen molar-refractivity contribution >= 4 is 0 Å². The number of hydrogen-bond acceptors (Lipinski definition) is 0. The molecule has 0 rings (SSSR count). The van der Waals surface area contributed by atoms with Gasteiger partial charge >= 0.3 is 0 Å². The number of allylic oxidation sites excluding steroid dienone is 2. The monoisotopic (exact) mass is 307 g/mol. The van der Waals surface area contributed by atoms with Crippen LogP contribution in [0.2, 0.25) is 0 Å². The van der Waals surface area contributed by atoms with Crippen molar-refractivity contribution in [3.8, 4) is 0 Å². The van der Waals surface area contributed by atoms with E-state index in [9.17, 15) is 0 Å². The van der Waals surface area contributed by atoms with Crippen LogP contribution in [0.4, 0.5) is 0 Å². The maximum absolute atomic E-state index is 2.47. The molecule has 0 saturated carbocycles. The van der Waals surface area contributed by atoms with Crippen molar-refractivity contribution in [2.45, 2.75) is 123 Å². The first-order valence-electron chi connectivity index (χ1n) is 10.4. The van der Waals surface area contributed by atoms with Crippen LogP contribution in [-0.2, 0) is 0 Å². The maximum Gasteiger partial charge on any atom is -0.0351 e. The molecule has 0 aromatic carbocycles. The first kappa shape index (κ1) is 21.7. The summed E-state index contributed by atoms with van der Waals surface area (Å²) in [5.41, 5.74) is 0. The second kappa shape index (κ2) is 20.7. The zero-order chi connectivity index (χ0) is 16.1. The van der Waals surface area contributed by atoms with E-state index in [0.717, 1.165) is 0 Å². The Morgan fingerprint density at radius 1 is 0.409 bits per heavy atom. The van der Waals surface area contributed by atoms with Gasteiger partial charge in [-0.05, 0) is 32.1 Å². The van der Waals surface area contributed by atoms with Crippen molar-refractivity contribution in [3.05, 3.63) is 18.6 Å². The highest BCUT2D eigenvalue weighted by atomic mass is 14.0. The fourth-order valence-corrected chi connectivity index (χ4v) is 2.88. The molecule has 0 bridgehead atoms. The van der Waals surface area contributed by atoms with Crippen LogP contribution >= 0.6 is 0 Å². The van der Waals surface area contributed by atoms with Crippen LogP contribution in [0, 0.1) is 6.42 Å². The van der Waals surface area contributed by atoms with Crippen LogP contribution in [-0.4, -0.2) is 0 Å². The van der Waals surface area contributed by atoms with Gasteiger partial charge < -0.3 is 0 Å². The highest BCUT2D eigenvalue weighted by molar-refractivity contribution is 4.81. The van der Waals surface area contributed by atoms with Gasteiger partial charge in [0.1, 0.15) is 0 Å². The summed E-state index contributed by atoms with van der Waals surface area (Å²) < 4.78 is 0. The zero-order valence-corrected chi connectivity index (χ0v) is 15.8. The quantitative estimate of drug-likeness (QED) is 0.176. The third-order valence-corrected chi connectivity index (χ3v) is 4.41. The lowest BCUT2D eigenvalue weighted by Crippen LogP contribution is -1.82. The van der Waals surface area contributed by atoms with Gasteiger partial charge in [-0.3, -0.25) is 0 Å². The van der Waals surface area contributed by atoms with Crippen LogP contribution in [0.5, 0.6) is 0 Å². The normalized spacial score (nSPS) is 11.5. The molecule has 0 fully saturated rings. The lowest BCUT2D eigenvalue weighted by atomic mass is 10.1. The minimum absolute atomic E-state index is 1.31. The Bertz CT molecular complexity index is 204. The van der Waals surface area contributed by atoms with Crippen LogP contribution in [0.1, 0.15) is 123 Å². The van der Waals surface area contributed by atoms with Crippen LogP contribution < -0.4 is 0 Å². The molecule has 0 aromatic heterocycles. The Hall–Kier alpha value is -0.260. The van der Waals surface area contributed by atoms with E-state index in [1.165, 1.54) is 109 Å². The number of unbranched alkanes of at least 4 members (excludes halogenated alkanes) is 16. The topological polar surface area (TPSA) is 0 Å². The second-order valence-corrected chi connectivity index (χ2v) is 6.80. The van der Waals surface area contributed by atoms with E-state index in [4.69, 9.17) is 0 Å². The minimum Gasteiger partial charge on any atom is -0.0885 e. The molecule has 0 heteroatoms. The predicted octanol–water partition coefficient (Wildman–Crippen LogP) is 8.42. The first-order valence-corrected chi connectivity index (χ1v) is 10.4. The molecule has 0 unspecified atom stereocenters. The molecule has 0 spiro atoms. The highest BCUT2D eigenvalue weighted by Gasteiger charge is 1.92. The zero-order valence-electron chi connectivity index (χ0n) is 15.8. The Morgan fingerprint density at radius 2 is 0.864 bits per heavy atom.